The van der Waals surface area contributed by atoms with Crippen molar-refractivity contribution in [2.45, 2.75) is 44.2 Å². The Morgan fingerprint density at radius 1 is 1.14 bits per heavy atom. The fourth-order valence-electron chi connectivity index (χ4n) is 3.71. The predicted molar refractivity (Wildman–Crippen MR) is 74.4 cm³/mol. The average Bonchev–Trinajstić information content (AvgIpc) is 2.87. The van der Waals surface area contributed by atoms with Gasteiger partial charge in [0, 0.05) is 11.6 Å². The highest BCUT2D eigenvalue weighted by Crippen LogP contribution is 2.40. The third kappa shape index (κ3) is 2.52. The van der Waals surface area contributed by atoms with Crippen LogP contribution in [-0.4, -0.2) is 34.0 Å². The molecule has 1 N–H and O–H groups in total. The normalized spacial score (nSPS) is 28.2. The van der Waals surface area contributed by atoms with E-state index < -0.39 is 17.8 Å². The molecule has 5 heteroatoms. The van der Waals surface area contributed by atoms with Crippen molar-refractivity contribution in [3.05, 3.63) is 35.6 Å². The van der Waals surface area contributed by atoms with Gasteiger partial charge in [0.05, 0.1) is 0 Å². The Balaban J connectivity index is 1.90. The number of rotatable bonds is 2. The number of carbonyl (C=O) groups excluding carboxylic acids is 1. The maximum atomic E-state index is 13.0. The number of fused-ring (bicyclic) bond motifs is 1. The zero-order valence-electron chi connectivity index (χ0n) is 11.7. The Kier molecular flexibility index (Phi) is 3.66. The monoisotopic (exact) mass is 291 g/mol. The van der Waals surface area contributed by atoms with Crippen molar-refractivity contribution in [1.29, 1.82) is 0 Å². The molecule has 1 amide bonds. The number of carbonyl (C=O) groups is 2. The SMILES string of the molecule is O=C(O)[C@@H]1C[C@H]2CCCC[C@@H]2N1C(=O)c1ccc(F)cc1. The summed E-state index contributed by atoms with van der Waals surface area (Å²) in [5.41, 5.74) is 0.355. The van der Waals surface area contributed by atoms with E-state index in [0.717, 1.165) is 25.7 Å². The average molecular weight is 291 g/mol. The molecular weight excluding hydrogens is 273 g/mol. The van der Waals surface area contributed by atoms with Crippen LogP contribution in [-0.2, 0) is 4.79 Å². The molecule has 3 atom stereocenters. The molecule has 0 unspecified atom stereocenters. The predicted octanol–water partition coefficient (Wildman–Crippen LogP) is 2.68. The molecule has 1 aromatic rings. The molecule has 21 heavy (non-hydrogen) atoms. The summed E-state index contributed by atoms with van der Waals surface area (Å²) in [4.78, 5) is 25.7. The van der Waals surface area contributed by atoms with Crippen LogP contribution < -0.4 is 0 Å². The quantitative estimate of drug-likeness (QED) is 0.911. The second-order valence-electron chi connectivity index (χ2n) is 5.92. The minimum absolute atomic E-state index is 0.0115. The molecule has 1 heterocycles. The lowest BCUT2D eigenvalue weighted by Gasteiger charge is -2.33. The summed E-state index contributed by atoms with van der Waals surface area (Å²) < 4.78 is 13.0. The number of hydrogen-bond donors (Lipinski definition) is 1. The number of amides is 1. The van der Waals surface area contributed by atoms with Gasteiger partial charge in [-0.25, -0.2) is 9.18 Å². The van der Waals surface area contributed by atoms with E-state index in [-0.39, 0.29) is 17.9 Å². The molecule has 1 saturated carbocycles. The van der Waals surface area contributed by atoms with Crippen molar-refractivity contribution in [3.63, 3.8) is 0 Å². The number of carboxylic acid groups (broad SMARTS) is 1. The summed E-state index contributed by atoms with van der Waals surface area (Å²) in [7, 11) is 0. The van der Waals surface area contributed by atoms with Crippen LogP contribution in [0.5, 0.6) is 0 Å². The summed E-state index contributed by atoms with van der Waals surface area (Å²) in [6.45, 7) is 0. The summed E-state index contributed by atoms with van der Waals surface area (Å²) in [5, 5.41) is 9.42. The standard InChI is InChI=1S/C16H18FNO3/c17-12-7-5-10(6-8-12)15(19)18-13-4-2-1-3-11(13)9-14(18)16(20)21/h5-8,11,13-14H,1-4,9H2,(H,20,21)/t11-,13+,14+/m1/s1. The zero-order chi connectivity index (χ0) is 15.0. The molecule has 1 aliphatic heterocycles. The summed E-state index contributed by atoms with van der Waals surface area (Å²) >= 11 is 0. The van der Waals surface area contributed by atoms with Gasteiger partial charge in [-0.3, -0.25) is 4.79 Å². The lowest BCUT2D eigenvalue weighted by molar-refractivity contribution is -0.141. The van der Waals surface area contributed by atoms with Gasteiger partial charge in [-0.05, 0) is 49.4 Å². The van der Waals surface area contributed by atoms with Crippen molar-refractivity contribution in [3.8, 4) is 0 Å². The Morgan fingerprint density at radius 3 is 2.48 bits per heavy atom. The zero-order valence-corrected chi connectivity index (χ0v) is 11.7. The van der Waals surface area contributed by atoms with Crippen molar-refractivity contribution >= 4 is 11.9 Å². The van der Waals surface area contributed by atoms with E-state index in [4.69, 9.17) is 0 Å². The van der Waals surface area contributed by atoms with E-state index in [1.165, 1.54) is 29.2 Å². The molecule has 4 nitrogen and oxygen atoms in total. The molecule has 1 aliphatic carbocycles. The molecule has 1 aromatic carbocycles. The maximum Gasteiger partial charge on any atom is 0.326 e. The van der Waals surface area contributed by atoms with E-state index in [9.17, 15) is 19.1 Å². The highest BCUT2D eigenvalue weighted by molar-refractivity contribution is 5.97. The molecule has 0 aromatic heterocycles. The van der Waals surface area contributed by atoms with Gasteiger partial charge in [-0.1, -0.05) is 12.8 Å². The molecule has 0 bridgehead atoms. The van der Waals surface area contributed by atoms with Crippen molar-refractivity contribution in [2.24, 2.45) is 5.92 Å². The number of aliphatic carboxylic acids is 1. The lowest BCUT2D eigenvalue weighted by Crippen LogP contribution is -2.46. The van der Waals surface area contributed by atoms with Crippen LogP contribution in [0.15, 0.2) is 24.3 Å². The number of hydrogen-bond acceptors (Lipinski definition) is 2. The first-order valence-corrected chi connectivity index (χ1v) is 7.39. The Morgan fingerprint density at radius 2 is 1.81 bits per heavy atom. The first-order chi connectivity index (χ1) is 10.1. The first-order valence-electron chi connectivity index (χ1n) is 7.39. The second kappa shape index (κ2) is 5.47. The third-order valence-electron chi connectivity index (χ3n) is 4.70. The molecule has 2 fully saturated rings. The van der Waals surface area contributed by atoms with Gasteiger partial charge >= 0.3 is 5.97 Å². The molecular formula is C16H18FNO3. The van der Waals surface area contributed by atoms with Crippen molar-refractivity contribution in [2.75, 3.05) is 0 Å². The van der Waals surface area contributed by atoms with Gasteiger partial charge in [0.25, 0.3) is 5.91 Å². The van der Waals surface area contributed by atoms with E-state index in [1.807, 2.05) is 0 Å². The van der Waals surface area contributed by atoms with Crippen LogP contribution in [0.25, 0.3) is 0 Å². The van der Waals surface area contributed by atoms with E-state index in [0.29, 0.717) is 12.0 Å². The summed E-state index contributed by atoms with van der Waals surface area (Å²) in [6, 6.07) is 4.57. The number of nitrogens with zero attached hydrogens (tertiary/aromatic N) is 1. The topological polar surface area (TPSA) is 57.6 Å². The molecule has 0 radical (unpaired) electrons. The smallest absolute Gasteiger partial charge is 0.326 e. The van der Waals surface area contributed by atoms with Crippen LogP contribution in [0.1, 0.15) is 42.5 Å². The molecule has 3 rings (SSSR count). The van der Waals surface area contributed by atoms with Crippen LogP contribution in [0.4, 0.5) is 4.39 Å². The number of likely N-dealkylation sites (tertiary alicyclic amines) is 1. The Hall–Kier alpha value is -1.91. The summed E-state index contributed by atoms with van der Waals surface area (Å²) in [5.74, 6) is -1.36. The number of halogens is 1. The fourth-order valence-corrected chi connectivity index (χ4v) is 3.71. The molecule has 2 aliphatic rings. The van der Waals surface area contributed by atoms with E-state index >= 15 is 0 Å². The Labute approximate surface area is 122 Å². The minimum atomic E-state index is -0.945. The number of benzene rings is 1. The lowest BCUT2D eigenvalue weighted by atomic mass is 9.84. The maximum absolute atomic E-state index is 13.0. The largest absolute Gasteiger partial charge is 0.480 e. The van der Waals surface area contributed by atoms with Crippen molar-refractivity contribution < 1.29 is 19.1 Å². The van der Waals surface area contributed by atoms with Gasteiger partial charge in [0.15, 0.2) is 0 Å². The second-order valence-corrected chi connectivity index (χ2v) is 5.92. The van der Waals surface area contributed by atoms with Gasteiger partial charge in [-0.15, -0.1) is 0 Å². The third-order valence-corrected chi connectivity index (χ3v) is 4.70. The van der Waals surface area contributed by atoms with Crippen LogP contribution in [0, 0.1) is 11.7 Å². The summed E-state index contributed by atoms with van der Waals surface area (Å²) in [6.07, 6.45) is 4.52. The van der Waals surface area contributed by atoms with Gasteiger partial charge < -0.3 is 10.0 Å². The van der Waals surface area contributed by atoms with Crippen LogP contribution in [0.2, 0.25) is 0 Å². The molecule has 1 saturated heterocycles. The minimum Gasteiger partial charge on any atom is -0.480 e. The van der Waals surface area contributed by atoms with Crippen LogP contribution in [0.3, 0.4) is 0 Å². The van der Waals surface area contributed by atoms with Crippen molar-refractivity contribution in [1.82, 2.24) is 4.90 Å². The van der Waals surface area contributed by atoms with Gasteiger partial charge in [0.2, 0.25) is 0 Å². The van der Waals surface area contributed by atoms with Crippen LogP contribution >= 0.6 is 0 Å². The van der Waals surface area contributed by atoms with Gasteiger partial charge in [0.1, 0.15) is 11.9 Å². The number of carboxylic acids is 1. The van der Waals surface area contributed by atoms with E-state index in [1.54, 1.807) is 0 Å². The Bertz CT molecular complexity index is 557. The van der Waals surface area contributed by atoms with E-state index in [2.05, 4.69) is 0 Å². The highest BCUT2D eigenvalue weighted by atomic mass is 19.1. The molecule has 112 valence electrons. The first kappa shape index (κ1) is 14.0. The fraction of sp³-hybridized carbons (Fsp3) is 0.500. The van der Waals surface area contributed by atoms with Gasteiger partial charge in [-0.2, -0.15) is 0 Å². The highest BCUT2D eigenvalue weighted by Gasteiger charge is 2.47. The molecule has 0 spiro atoms.